The van der Waals surface area contributed by atoms with Gasteiger partial charge in [-0.25, -0.2) is 0 Å². The Labute approximate surface area is 126 Å². The van der Waals surface area contributed by atoms with Crippen LogP contribution < -0.4 is 0 Å². The van der Waals surface area contributed by atoms with Gasteiger partial charge in [-0.2, -0.15) is 0 Å². The van der Waals surface area contributed by atoms with Crippen molar-refractivity contribution in [3.63, 3.8) is 0 Å². The molecular formula is C14H15NO7. The molecule has 1 aromatic carbocycles. The minimum Gasteiger partial charge on any atom is -0.497 e. The Kier molecular flexibility index (Phi) is 5.62. The number of hydrogen-bond acceptors (Lipinski definition) is 7. The van der Waals surface area contributed by atoms with E-state index in [0.29, 0.717) is 5.56 Å². The molecular weight excluding hydrogens is 294 g/mol. The SMILES string of the molecule is C=C(OC)c1ccc(C(C(=O)OC)C(=O)OC)c([N+](=O)[O-])c1. The van der Waals surface area contributed by atoms with Gasteiger partial charge in [-0.3, -0.25) is 19.7 Å². The van der Waals surface area contributed by atoms with Gasteiger partial charge in [0, 0.05) is 11.6 Å². The molecule has 1 aromatic rings. The van der Waals surface area contributed by atoms with E-state index in [4.69, 9.17) is 4.74 Å². The fraction of sp³-hybridized carbons (Fsp3) is 0.286. The van der Waals surface area contributed by atoms with Gasteiger partial charge in [0.15, 0.2) is 5.92 Å². The van der Waals surface area contributed by atoms with E-state index in [0.717, 1.165) is 14.2 Å². The molecule has 0 atom stereocenters. The van der Waals surface area contributed by atoms with E-state index in [2.05, 4.69) is 16.1 Å². The summed E-state index contributed by atoms with van der Waals surface area (Å²) in [5.74, 6) is -3.23. The zero-order valence-electron chi connectivity index (χ0n) is 12.3. The number of hydrogen-bond donors (Lipinski definition) is 0. The van der Waals surface area contributed by atoms with E-state index >= 15 is 0 Å². The molecule has 0 amide bonds. The highest BCUT2D eigenvalue weighted by molar-refractivity contribution is 6.01. The number of rotatable bonds is 6. The van der Waals surface area contributed by atoms with Crippen LogP contribution in [0.5, 0.6) is 0 Å². The van der Waals surface area contributed by atoms with Crippen molar-refractivity contribution in [2.75, 3.05) is 21.3 Å². The van der Waals surface area contributed by atoms with Crippen LogP contribution in [-0.4, -0.2) is 38.2 Å². The highest BCUT2D eigenvalue weighted by Gasteiger charge is 2.36. The van der Waals surface area contributed by atoms with Crippen LogP contribution in [0.2, 0.25) is 0 Å². The first-order valence-electron chi connectivity index (χ1n) is 6.04. The molecule has 0 aliphatic rings. The van der Waals surface area contributed by atoms with Crippen molar-refractivity contribution >= 4 is 23.4 Å². The topological polar surface area (TPSA) is 105 Å². The third-order valence-corrected chi connectivity index (χ3v) is 2.98. The summed E-state index contributed by atoms with van der Waals surface area (Å²) in [6.07, 6.45) is 0. The number of benzene rings is 1. The molecule has 0 heterocycles. The lowest BCUT2D eigenvalue weighted by atomic mass is 9.95. The molecule has 8 heteroatoms. The van der Waals surface area contributed by atoms with Crippen LogP contribution in [0.1, 0.15) is 17.0 Å². The lowest BCUT2D eigenvalue weighted by molar-refractivity contribution is -0.385. The number of carbonyl (C=O) groups is 2. The van der Waals surface area contributed by atoms with E-state index in [-0.39, 0.29) is 11.3 Å². The molecule has 0 aliphatic carbocycles. The van der Waals surface area contributed by atoms with Crippen LogP contribution >= 0.6 is 0 Å². The number of nitro benzene ring substituents is 1. The molecule has 0 N–H and O–H groups in total. The standard InChI is InChI=1S/C14H15NO7/c1-8(20-2)9-5-6-10(11(7-9)15(18)19)12(13(16)21-3)14(17)22-4/h5-7,12H,1H2,2-4H3. The van der Waals surface area contributed by atoms with E-state index in [1.807, 2.05) is 0 Å². The minimum absolute atomic E-state index is 0.128. The van der Waals surface area contributed by atoms with Crippen molar-refractivity contribution in [3.05, 3.63) is 46.0 Å². The summed E-state index contributed by atoms with van der Waals surface area (Å²) in [5, 5.41) is 11.2. The van der Waals surface area contributed by atoms with Crippen LogP contribution in [0.25, 0.3) is 5.76 Å². The zero-order chi connectivity index (χ0) is 16.9. The molecule has 0 radical (unpaired) electrons. The third-order valence-electron chi connectivity index (χ3n) is 2.98. The van der Waals surface area contributed by atoms with Crippen molar-refractivity contribution < 1.29 is 28.7 Å². The lowest BCUT2D eigenvalue weighted by Crippen LogP contribution is -2.25. The Morgan fingerprint density at radius 3 is 2.09 bits per heavy atom. The Hall–Kier alpha value is -2.90. The normalized spacial score (nSPS) is 10.0. The van der Waals surface area contributed by atoms with Gasteiger partial charge in [0.1, 0.15) is 5.76 Å². The van der Waals surface area contributed by atoms with E-state index < -0.39 is 28.5 Å². The van der Waals surface area contributed by atoms with Crippen LogP contribution in [0, 0.1) is 10.1 Å². The molecule has 0 saturated heterocycles. The van der Waals surface area contributed by atoms with Gasteiger partial charge in [-0.05, 0) is 6.07 Å². The average Bonchev–Trinajstić information content (AvgIpc) is 2.53. The number of methoxy groups -OCH3 is 3. The predicted molar refractivity (Wildman–Crippen MR) is 75.9 cm³/mol. The summed E-state index contributed by atoms with van der Waals surface area (Å²) in [6, 6.07) is 3.89. The monoisotopic (exact) mass is 309 g/mol. The van der Waals surface area contributed by atoms with Crippen LogP contribution in [0.15, 0.2) is 24.8 Å². The van der Waals surface area contributed by atoms with Crippen molar-refractivity contribution in [3.8, 4) is 0 Å². The first-order chi connectivity index (χ1) is 10.4. The summed E-state index contributed by atoms with van der Waals surface area (Å²) in [5.41, 5.74) is -0.209. The van der Waals surface area contributed by atoms with Gasteiger partial charge in [-0.1, -0.05) is 12.6 Å². The van der Waals surface area contributed by atoms with Gasteiger partial charge in [0.2, 0.25) is 0 Å². The molecule has 0 aliphatic heterocycles. The largest absolute Gasteiger partial charge is 0.497 e. The second-order valence-corrected chi connectivity index (χ2v) is 4.14. The fourth-order valence-corrected chi connectivity index (χ4v) is 1.82. The van der Waals surface area contributed by atoms with Gasteiger partial charge >= 0.3 is 11.9 Å². The summed E-state index contributed by atoms with van der Waals surface area (Å²) in [4.78, 5) is 34.1. The maximum Gasteiger partial charge on any atom is 0.324 e. The summed E-state index contributed by atoms with van der Waals surface area (Å²) >= 11 is 0. The maximum atomic E-state index is 11.8. The van der Waals surface area contributed by atoms with Crippen LogP contribution in [-0.2, 0) is 23.8 Å². The number of nitro groups is 1. The lowest BCUT2D eigenvalue weighted by Gasteiger charge is -2.14. The molecule has 0 fully saturated rings. The fourth-order valence-electron chi connectivity index (χ4n) is 1.82. The van der Waals surface area contributed by atoms with Gasteiger partial charge in [-0.15, -0.1) is 0 Å². The zero-order valence-corrected chi connectivity index (χ0v) is 12.3. The Balaban J connectivity index is 3.49. The van der Waals surface area contributed by atoms with Crippen molar-refractivity contribution in [2.24, 2.45) is 0 Å². The number of carbonyl (C=O) groups excluding carboxylic acids is 2. The molecule has 0 unspecified atom stereocenters. The molecule has 0 bridgehead atoms. The summed E-state index contributed by atoms with van der Waals surface area (Å²) in [7, 11) is 3.52. The van der Waals surface area contributed by atoms with Crippen LogP contribution in [0.3, 0.4) is 0 Å². The second kappa shape index (κ2) is 7.21. The van der Waals surface area contributed by atoms with E-state index in [1.165, 1.54) is 25.3 Å². The van der Waals surface area contributed by atoms with Crippen molar-refractivity contribution in [1.29, 1.82) is 0 Å². The van der Waals surface area contributed by atoms with E-state index in [1.54, 1.807) is 0 Å². The quantitative estimate of drug-likeness (QED) is 0.258. The van der Waals surface area contributed by atoms with Gasteiger partial charge in [0.25, 0.3) is 5.69 Å². The number of ether oxygens (including phenoxy) is 3. The second-order valence-electron chi connectivity index (χ2n) is 4.14. The minimum atomic E-state index is -1.54. The molecule has 0 aromatic heterocycles. The highest BCUT2D eigenvalue weighted by Crippen LogP contribution is 2.31. The van der Waals surface area contributed by atoms with Crippen LogP contribution in [0.4, 0.5) is 5.69 Å². The first kappa shape index (κ1) is 17.2. The van der Waals surface area contributed by atoms with E-state index in [9.17, 15) is 19.7 Å². The maximum absolute atomic E-state index is 11.8. The molecule has 8 nitrogen and oxygen atoms in total. The highest BCUT2D eigenvalue weighted by atomic mass is 16.6. The Bertz CT molecular complexity index is 608. The molecule has 0 saturated carbocycles. The summed E-state index contributed by atoms with van der Waals surface area (Å²) in [6.45, 7) is 3.59. The first-order valence-corrected chi connectivity index (χ1v) is 6.04. The van der Waals surface area contributed by atoms with Crippen molar-refractivity contribution in [2.45, 2.75) is 5.92 Å². The molecule has 22 heavy (non-hydrogen) atoms. The molecule has 118 valence electrons. The van der Waals surface area contributed by atoms with Gasteiger partial charge < -0.3 is 14.2 Å². The Morgan fingerprint density at radius 2 is 1.68 bits per heavy atom. The van der Waals surface area contributed by atoms with Gasteiger partial charge in [0.05, 0.1) is 31.8 Å². The number of esters is 2. The molecule has 0 spiro atoms. The predicted octanol–water partition coefficient (Wildman–Crippen LogP) is 1.64. The average molecular weight is 309 g/mol. The van der Waals surface area contributed by atoms with Crippen molar-refractivity contribution in [1.82, 2.24) is 0 Å². The summed E-state index contributed by atoms with van der Waals surface area (Å²) < 4.78 is 13.9. The smallest absolute Gasteiger partial charge is 0.324 e. The molecule has 1 rings (SSSR count). The third kappa shape index (κ3) is 3.40. The number of nitrogens with zero attached hydrogens (tertiary/aromatic N) is 1. The Morgan fingerprint density at radius 1 is 1.14 bits per heavy atom.